The fraction of sp³-hybridized carbons (Fsp3) is 0.417. The number of sulfone groups is 1. The highest BCUT2D eigenvalue weighted by Crippen LogP contribution is 2.13. The molecule has 0 heterocycles. The quantitative estimate of drug-likeness (QED) is 0.796. The molecule has 0 saturated heterocycles. The molecular formula is C12H14F2N2O2S. The Morgan fingerprint density at radius 2 is 2.11 bits per heavy atom. The lowest BCUT2D eigenvalue weighted by Crippen LogP contribution is -2.29. The van der Waals surface area contributed by atoms with E-state index in [9.17, 15) is 17.2 Å². The predicted octanol–water partition coefficient (Wildman–Crippen LogP) is 1.53. The van der Waals surface area contributed by atoms with Crippen molar-refractivity contribution in [2.24, 2.45) is 0 Å². The van der Waals surface area contributed by atoms with Gasteiger partial charge in [0, 0.05) is 6.54 Å². The van der Waals surface area contributed by atoms with Gasteiger partial charge in [-0.25, -0.2) is 17.2 Å². The summed E-state index contributed by atoms with van der Waals surface area (Å²) in [7, 11) is -2.12. The van der Waals surface area contributed by atoms with E-state index in [-0.39, 0.29) is 22.8 Å². The molecule has 0 aliphatic heterocycles. The van der Waals surface area contributed by atoms with Gasteiger partial charge in [-0.15, -0.1) is 0 Å². The Balaban J connectivity index is 2.73. The van der Waals surface area contributed by atoms with Crippen molar-refractivity contribution in [3.8, 4) is 6.07 Å². The molecule has 0 unspecified atom stereocenters. The van der Waals surface area contributed by atoms with Crippen LogP contribution in [0.2, 0.25) is 0 Å². The van der Waals surface area contributed by atoms with Crippen LogP contribution in [-0.2, 0) is 9.84 Å². The zero-order valence-electron chi connectivity index (χ0n) is 10.4. The summed E-state index contributed by atoms with van der Waals surface area (Å²) in [6, 6.07) is 7.51. The fourth-order valence-electron chi connectivity index (χ4n) is 1.48. The van der Waals surface area contributed by atoms with Crippen LogP contribution in [0.3, 0.4) is 0 Å². The Bertz CT molecular complexity index is 567. The van der Waals surface area contributed by atoms with Gasteiger partial charge in [0.25, 0.3) is 6.43 Å². The minimum atomic E-state index is -3.56. The van der Waals surface area contributed by atoms with Crippen molar-refractivity contribution in [3.05, 3.63) is 29.8 Å². The first-order valence-corrected chi connectivity index (χ1v) is 7.20. The first-order valence-electron chi connectivity index (χ1n) is 5.55. The van der Waals surface area contributed by atoms with Gasteiger partial charge >= 0.3 is 0 Å². The van der Waals surface area contributed by atoms with Crippen molar-refractivity contribution in [1.82, 2.24) is 4.90 Å². The monoisotopic (exact) mass is 288 g/mol. The summed E-state index contributed by atoms with van der Waals surface area (Å²) in [6.45, 7) is -0.447. The second kappa shape index (κ2) is 6.59. The molecule has 0 atom stereocenters. The lowest BCUT2D eigenvalue weighted by Gasteiger charge is -2.15. The minimum Gasteiger partial charge on any atom is -0.300 e. The molecule has 1 aromatic carbocycles. The van der Waals surface area contributed by atoms with Crippen LogP contribution in [0, 0.1) is 11.3 Å². The van der Waals surface area contributed by atoms with Crippen molar-refractivity contribution in [2.75, 3.05) is 25.9 Å². The summed E-state index contributed by atoms with van der Waals surface area (Å²) < 4.78 is 48.1. The normalized spacial score (nSPS) is 11.8. The highest BCUT2D eigenvalue weighted by Gasteiger charge is 2.17. The van der Waals surface area contributed by atoms with Crippen molar-refractivity contribution >= 4 is 9.84 Å². The lowest BCUT2D eigenvalue weighted by molar-refractivity contribution is 0.103. The number of hydrogen-bond acceptors (Lipinski definition) is 4. The third-order valence-electron chi connectivity index (χ3n) is 2.51. The van der Waals surface area contributed by atoms with Crippen LogP contribution in [0.4, 0.5) is 8.78 Å². The third kappa shape index (κ3) is 4.93. The van der Waals surface area contributed by atoms with E-state index in [1.54, 1.807) is 0 Å². The zero-order valence-corrected chi connectivity index (χ0v) is 11.2. The van der Waals surface area contributed by atoms with Crippen LogP contribution < -0.4 is 0 Å². The molecule has 0 amide bonds. The van der Waals surface area contributed by atoms with Crippen LogP contribution >= 0.6 is 0 Å². The molecule has 0 radical (unpaired) electrons. The summed E-state index contributed by atoms with van der Waals surface area (Å²) >= 11 is 0. The van der Waals surface area contributed by atoms with Crippen LogP contribution in [0.25, 0.3) is 0 Å². The first-order chi connectivity index (χ1) is 8.85. The van der Waals surface area contributed by atoms with Crippen LogP contribution in [0.5, 0.6) is 0 Å². The average molecular weight is 288 g/mol. The van der Waals surface area contributed by atoms with Crippen LogP contribution in [0.15, 0.2) is 29.2 Å². The van der Waals surface area contributed by atoms with Crippen molar-refractivity contribution < 1.29 is 17.2 Å². The van der Waals surface area contributed by atoms with E-state index >= 15 is 0 Å². The second-order valence-corrected chi connectivity index (χ2v) is 6.22. The van der Waals surface area contributed by atoms with E-state index in [4.69, 9.17) is 5.26 Å². The molecule has 7 heteroatoms. The average Bonchev–Trinajstić information content (AvgIpc) is 2.36. The van der Waals surface area contributed by atoms with Gasteiger partial charge in [-0.05, 0) is 25.2 Å². The Morgan fingerprint density at radius 1 is 1.42 bits per heavy atom. The Hall–Kier alpha value is -1.52. The predicted molar refractivity (Wildman–Crippen MR) is 66.7 cm³/mol. The Kier molecular flexibility index (Phi) is 5.39. The van der Waals surface area contributed by atoms with E-state index in [2.05, 4.69) is 0 Å². The Morgan fingerprint density at radius 3 is 2.68 bits per heavy atom. The van der Waals surface area contributed by atoms with E-state index < -0.39 is 22.8 Å². The number of nitrogens with zero attached hydrogens (tertiary/aromatic N) is 2. The Labute approximate surface area is 111 Å². The largest absolute Gasteiger partial charge is 0.300 e. The molecule has 0 N–H and O–H groups in total. The van der Waals surface area contributed by atoms with E-state index in [0.29, 0.717) is 0 Å². The minimum absolute atomic E-state index is 0.0173. The first kappa shape index (κ1) is 15.5. The summed E-state index contributed by atoms with van der Waals surface area (Å²) in [5.41, 5.74) is 0.252. The number of hydrogen-bond donors (Lipinski definition) is 0. The van der Waals surface area contributed by atoms with Gasteiger partial charge in [0.05, 0.1) is 28.8 Å². The number of rotatable bonds is 6. The lowest BCUT2D eigenvalue weighted by atomic mass is 10.2. The standard InChI is InChI=1S/C12H14F2N2O2S/c1-16(9-12(13)14)5-6-19(17,18)11-4-2-3-10(7-11)8-15/h2-4,7,12H,5-6,9H2,1H3. The van der Waals surface area contributed by atoms with Crippen molar-refractivity contribution in [3.63, 3.8) is 0 Å². The highest BCUT2D eigenvalue weighted by molar-refractivity contribution is 7.91. The zero-order chi connectivity index (χ0) is 14.5. The fourth-order valence-corrected chi connectivity index (χ4v) is 2.86. The van der Waals surface area contributed by atoms with Gasteiger partial charge in [0.1, 0.15) is 0 Å². The maximum Gasteiger partial charge on any atom is 0.251 e. The SMILES string of the molecule is CN(CCS(=O)(=O)c1cccc(C#N)c1)CC(F)F. The number of alkyl halides is 2. The number of benzene rings is 1. The summed E-state index contributed by atoms with van der Waals surface area (Å²) in [5, 5.41) is 8.71. The molecule has 104 valence electrons. The van der Waals surface area contributed by atoms with Gasteiger partial charge in [-0.1, -0.05) is 6.07 Å². The molecule has 0 fully saturated rings. The van der Waals surface area contributed by atoms with E-state index in [1.165, 1.54) is 36.2 Å². The van der Waals surface area contributed by atoms with Crippen LogP contribution in [0.1, 0.15) is 5.56 Å². The van der Waals surface area contributed by atoms with Crippen molar-refractivity contribution in [1.29, 1.82) is 5.26 Å². The molecule has 19 heavy (non-hydrogen) atoms. The topological polar surface area (TPSA) is 61.2 Å². The van der Waals surface area contributed by atoms with Gasteiger partial charge in [-0.2, -0.15) is 5.26 Å². The molecule has 1 rings (SSSR count). The number of halogens is 2. The summed E-state index contributed by atoms with van der Waals surface area (Å²) in [5.74, 6) is -0.259. The van der Waals surface area contributed by atoms with Crippen LogP contribution in [-0.4, -0.2) is 45.6 Å². The molecule has 0 aliphatic carbocycles. The number of nitriles is 1. The summed E-state index contributed by atoms with van der Waals surface area (Å²) in [6.07, 6.45) is -2.49. The van der Waals surface area contributed by atoms with E-state index in [1.807, 2.05) is 6.07 Å². The maximum absolute atomic E-state index is 12.1. The van der Waals surface area contributed by atoms with E-state index in [0.717, 1.165) is 0 Å². The second-order valence-electron chi connectivity index (χ2n) is 4.11. The molecule has 4 nitrogen and oxygen atoms in total. The molecule has 0 bridgehead atoms. The van der Waals surface area contributed by atoms with Gasteiger partial charge in [0.15, 0.2) is 9.84 Å². The molecule has 0 spiro atoms. The summed E-state index contributed by atoms with van der Waals surface area (Å²) in [4.78, 5) is 1.30. The third-order valence-corrected chi connectivity index (χ3v) is 4.21. The smallest absolute Gasteiger partial charge is 0.251 e. The highest BCUT2D eigenvalue weighted by atomic mass is 32.2. The molecule has 1 aromatic rings. The molecule has 0 aliphatic rings. The van der Waals surface area contributed by atoms with Gasteiger partial charge in [0.2, 0.25) is 0 Å². The molecule has 0 saturated carbocycles. The molecule has 0 aromatic heterocycles. The molecular weight excluding hydrogens is 274 g/mol. The van der Waals surface area contributed by atoms with Crippen molar-refractivity contribution in [2.45, 2.75) is 11.3 Å². The van der Waals surface area contributed by atoms with Gasteiger partial charge in [-0.3, -0.25) is 4.90 Å². The van der Waals surface area contributed by atoms with Gasteiger partial charge < -0.3 is 0 Å². The maximum atomic E-state index is 12.1.